The number of nitrogens with zero attached hydrogens (tertiary/aromatic N) is 2. The van der Waals surface area contributed by atoms with Crippen molar-refractivity contribution >= 4 is 39.6 Å². The van der Waals surface area contributed by atoms with Gasteiger partial charge in [-0.05, 0) is 54.6 Å². The van der Waals surface area contributed by atoms with E-state index in [9.17, 15) is 13.2 Å². The third kappa shape index (κ3) is 6.76. The minimum Gasteiger partial charge on any atom is -0.490 e. The Morgan fingerprint density at radius 2 is 2.06 bits per heavy atom. The van der Waals surface area contributed by atoms with Gasteiger partial charge in [0.25, 0.3) is 0 Å². The van der Waals surface area contributed by atoms with Gasteiger partial charge in [-0.25, -0.2) is 0 Å². The van der Waals surface area contributed by atoms with Crippen LogP contribution in [0.1, 0.15) is 25.3 Å². The Balaban J connectivity index is 1.78. The second kappa shape index (κ2) is 11.8. The van der Waals surface area contributed by atoms with Crippen LogP contribution in [0.3, 0.4) is 0 Å². The van der Waals surface area contributed by atoms with Crippen molar-refractivity contribution in [2.24, 2.45) is 0 Å². The number of aromatic nitrogens is 1. The summed E-state index contributed by atoms with van der Waals surface area (Å²) in [4.78, 5) is 5.41. The van der Waals surface area contributed by atoms with Crippen molar-refractivity contribution in [3.8, 4) is 11.8 Å². The Hall–Kier alpha value is -3.51. The molecule has 9 heteroatoms. The zero-order chi connectivity index (χ0) is 25.4. The Labute approximate surface area is 206 Å². The number of anilines is 1. The first kappa shape index (κ1) is 26.1. The lowest BCUT2D eigenvalue weighted by atomic mass is 9.98. The summed E-state index contributed by atoms with van der Waals surface area (Å²) in [5.74, 6) is 0.812. The first-order valence-corrected chi connectivity index (χ1v) is 12.2. The number of thioether (sulfide) groups is 1. The van der Waals surface area contributed by atoms with Crippen LogP contribution in [-0.4, -0.2) is 35.8 Å². The van der Waals surface area contributed by atoms with Crippen LogP contribution in [0, 0.1) is 16.7 Å². The minimum absolute atomic E-state index is 0.0132. The molecule has 35 heavy (non-hydrogen) atoms. The number of benzene rings is 2. The first-order valence-electron chi connectivity index (χ1n) is 11.0. The average Bonchev–Trinajstić information content (AvgIpc) is 2.85. The molecule has 3 aromatic rings. The number of nitrogens with one attached hydrogen (secondary N) is 2. The van der Waals surface area contributed by atoms with Gasteiger partial charge in [0.05, 0.1) is 11.6 Å². The molecule has 0 saturated heterocycles. The van der Waals surface area contributed by atoms with E-state index in [0.717, 1.165) is 23.1 Å². The van der Waals surface area contributed by atoms with Crippen LogP contribution in [0.2, 0.25) is 0 Å². The molecule has 2 aromatic carbocycles. The number of rotatable bonds is 10. The Morgan fingerprint density at radius 1 is 1.26 bits per heavy atom. The zero-order valence-electron chi connectivity index (χ0n) is 19.3. The van der Waals surface area contributed by atoms with Crippen LogP contribution < -0.4 is 10.1 Å². The number of fused-ring (bicyclic) bond motifs is 1. The van der Waals surface area contributed by atoms with E-state index < -0.39 is 17.5 Å². The fourth-order valence-corrected chi connectivity index (χ4v) is 4.01. The van der Waals surface area contributed by atoms with Crippen molar-refractivity contribution < 1.29 is 17.9 Å². The largest absolute Gasteiger partial charge is 0.490 e. The molecule has 5 nitrogen and oxygen atoms in total. The van der Waals surface area contributed by atoms with Crippen LogP contribution in [-0.2, 0) is 0 Å². The molecule has 0 aliphatic carbocycles. The predicted octanol–water partition coefficient (Wildman–Crippen LogP) is 7.11. The van der Waals surface area contributed by atoms with E-state index in [1.54, 1.807) is 36.2 Å². The van der Waals surface area contributed by atoms with Crippen molar-refractivity contribution in [2.75, 3.05) is 18.1 Å². The first-order chi connectivity index (χ1) is 16.8. The van der Waals surface area contributed by atoms with Crippen molar-refractivity contribution in [1.82, 2.24) is 4.98 Å². The summed E-state index contributed by atoms with van der Waals surface area (Å²) in [6.07, 6.45) is 1.02. The maximum Gasteiger partial charge on any atom is 0.433 e. The Bertz CT molecular complexity index is 1270. The molecule has 1 unspecified atom stereocenters. The number of ether oxygens (including phenoxy) is 1. The number of alkyl halides is 3. The summed E-state index contributed by atoms with van der Waals surface area (Å²) in [7, 11) is 0. The van der Waals surface area contributed by atoms with E-state index in [1.165, 1.54) is 12.1 Å². The van der Waals surface area contributed by atoms with Crippen molar-refractivity contribution in [3.05, 3.63) is 66.4 Å². The number of allylic oxidation sites excluding steroid dienone is 2. The van der Waals surface area contributed by atoms with Crippen LogP contribution in [0.15, 0.2) is 65.7 Å². The quantitative estimate of drug-likeness (QED) is 0.177. The molecule has 3 rings (SSSR count). The van der Waals surface area contributed by atoms with E-state index in [2.05, 4.69) is 17.2 Å². The number of hydrogen-bond acceptors (Lipinski definition) is 6. The summed E-state index contributed by atoms with van der Waals surface area (Å²) >= 11 is 1.65. The van der Waals surface area contributed by atoms with Gasteiger partial charge in [0.15, 0.2) is 0 Å². The van der Waals surface area contributed by atoms with Gasteiger partial charge in [-0.2, -0.15) is 18.4 Å². The Kier molecular flexibility index (Phi) is 8.77. The number of nitriles is 1. The van der Waals surface area contributed by atoms with Gasteiger partial charge in [0.1, 0.15) is 17.6 Å². The summed E-state index contributed by atoms with van der Waals surface area (Å²) in [6, 6.07) is 15.8. The number of pyridine rings is 1. The van der Waals surface area contributed by atoms with Gasteiger partial charge in [0, 0.05) is 46.8 Å². The van der Waals surface area contributed by atoms with Crippen LogP contribution in [0.25, 0.3) is 16.5 Å². The highest BCUT2D eigenvalue weighted by Crippen LogP contribution is 2.31. The minimum atomic E-state index is -4.86. The average molecular weight is 499 g/mol. The van der Waals surface area contributed by atoms with E-state index in [-0.39, 0.29) is 11.7 Å². The zero-order valence-corrected chi connectivity index (χ0v) is 20.1. The molecule has 1 heterocycles. The predicted molar refractivity (Wildman–Crippen MR) is 135 cm³/mol. The molecule has 0 spiro atoms. The number of halogens is 3. The van der Waals surface area contributed by atoms with Gasteiger partial charge >= 0.3 is 6.18 Å². The second-order valence-corrected chi connectivity index (χ2v) is 8.57. The fraction of sp³-hybridized carbons (Fsp3) is 0.269. The summed E-state index contributed by atoms with van der Waals surface area (Å²) in [6.45, 7) is 2.62. The standard InChI is InChI=1S/C26H25F3N4OS/c1-3-18(34-19-5-4-6-20(16-19)35-2)10-13-32-24-11-14-33-23-8-7-17(15-22(23)24)21(9-12-30)25(31)26(27,28)29/h4-9,11,14-16,18,31H,3,10,13H2,1-2H3,(H,32,33)/b21-9-,31-25?. The van der Waals surface area contributed by atoms with E-state index in [4.69, 9.17) is 15.4 Å². The SMILES string of the molecule is CCC(CCNc1ccnc2ccc(/C(=C/C#N)C(=N)C(F)(F)F)cc12)Oc1cccc(SC)c1. The van der Waals surface area contributed by atoms with E-state index >= 15 is 0 Å². The monoisotopic (exact) mass is 498 g/mol. The molecule has 0 aliphatic rings. The summed E-state index contributed by atoms with van der Waals surface area (Å²) in [5.41, 5.74) is -0.633. The molecule has 0 radical (unpaired) electrons. The van der Waals surface area contributed by atoms with E-state index in [1.807, 2.05) is 30.5 Å². The topological polar surface area (TPSA) is 81.8 Å². The Morgan fingerprint density at radius 3 is 2.74 bits per heavy atom. The van der Waals surface area contributed by atoms with Gasteiger partial charge in [-0.3, -0.25) is 10.4 Å². The molecule has 0 bridgehead atoms. The van der Waals surface area contributed by atoms with Crippen LogP contribution >= 0.6 is 11.8 Å². The van der Waals surface area contributed by atoms with Gasteiger partial charge in [-0.15, -0.1) is 11.8 Å². The molecular formula is C26H25F3N4OS. The van der Waals surface area contributed by atoms with Crippen molar-refractivity contribution in [3.63, 3.8) is 0 Å². The lowest BCUT2D eigenvalue weighted by Crippen LogP contribution is -2.23. The van der Waals surface area contributed by atoms with Gasteiger partial charge in [-0.1, -0.05) is 19.1 Å². The summed E-state index contributed by atoms with van der Waals surface area (Å²) < 4.78 is 45.6. The fourth-order valence-electron chi connectivity index (χ4n) is 3.57. The molecular weight excluding hydrogens is 473 g/mol. The van der Waals surface area contributed by atoms with Crippen LogP contribution in [0.4, 0.5) is 18.9 Å². The maximum atomic E-state index is 13.2. The molecule has 0 fully saturated rings. The maximum absolute atomic E-state index is 13.2. The molecule has 0 aliphatic heterocycles. The van der Waals surface area contributed by atoms with Gasteiger partial charge in [0.2, 0.25) is 0 Å². The second-order valence-electron chi connectivity index (χ2n) is 7.69. The molecule has 182 valence electrons. The third-order valence-corrected chi connectivity index (χ3v) is 6.12. The molecule has 2 N–H and O–H groups in total. The summed E-state index contributed by atoms with van der Waals surface area (Å²) in [5, 5.41) is 20.4. The molecule has 0 amide bonds. The highest BCUT2D eigenvalue weighted by molar-refractivity contribution is 7.98. The number of hydrogen-bond donors (Lipinski definition) is 2. The van der Waals surface area contributed by atoms with Crippen molar-refractivity contribution in [2.45, 2.75) is 36.9 Å². The lowest BCUT2D eigenvalue weighted by molar-refractivity contribution is -0.0578. The van der Waals surface area contributed by atoms with Gasteiger partial charge < -0.3 is 10.1 Å². The van der Waals surface area contributed by atoms with E-state index in [0.29, 0.717) is 29.6 Å². The lowest BCUT2D eigenvalue weighted by Gasteiger charge is -2.19. The normalized spacial score (nSPS) is 12.7. The molecule has 1 aromatic heterocycles. The molecule has 1 atom stereocenters. The highest BCUT2D eigenvalue weighted by Gasteiger charge is 2.37. The van der Waals surface area contributed by atoms with Crippen molar-refractivity contribution in [1.29, 1.82) is 10.7 Å². The smallest absolute Gasteiger partial charge is 0.433 e. The third-order valence-electron chi connectivity index (χ3n) is 5.40. The highest BCUT2D eigenvalue weighted by atomic mass is 32.2. The molecule has 0 saturated carbocycles. The van der Waals surface area contributed by atoms with Crippen LogP contribution in [0.5, 0.6) is 5.75 Å².